The molecular formula is C14H18N2O3S. The summed E-state index contributed by atoms with van der Waals surface area (Å²) < 4.78 is 0. The fourth-order valence-corrected chi connectivity index (χ4v) is 3.39. The number of likely N-dealkylation sites (tertiary alicyclic amines) is 1. The van der Waals surface area contributed by atoms with Crippen LogP contribution in [0, 0.1) is 5.92 Å². The van der Waals surface area contributed by atoms with E-state index in [1.54, 1.807) is 17.0 Å². The van der Waals surface area contributed by atoms with Gasteiger partial charge in [0.05, 0.1) is 22.5 Å². The highest BCUT2D eigenvalue weighted by Crippen LogP contribution is 2.32. The van der Waals surface area contributed by atoms with Crippen LogP contribution in [0.2, 0.25) is 0 Å². The number of nitrogens with zero attached hydrogens (tertiary/aromatic N) is 1. The Kier molecular flexibility index (Phi) is 3.76. The van der Waals surface area contributed by atoms with Gasteiger partial charge in [-0.05, 0) is 37.8 Å². The molecule has 5 nitrogen and oxygen atoms in total. The Morgan fingerprint density at radius 2 is 2.15 bits per heavy atom. The van der Waals surface area contributed by atoms with Crippen LogP contribution in [0.4, 0.5) is 5.00 Å². The van der Waals surface area contributed by atoms with Crippen LogP contribution in [-0.2, 0) is 4.79 Å². The lowest BCUT2D eigenvalue weighted by atomic mass is 10.2. The van der Waals surface area contributed by atoms with Crippen LogP contribution in [0.5, 0.6) is 0 Å². The van der Waals surface area contributed by atoms with Crippen molar-refractivity contribution < 1.29 is 14.7 Å². The number of amides is 2. The molecule has 2 amide bonds. The number of hydrogen-bond donors (Lipinski definition) is 2. The second-order valence-corrected chi connectivity index (χ2v) is 6.49. The standard InChI is InChI=1S/C14H18N2O3S/c17-8-10-2-1-7-16(10)14(19)11-5-6-12(20-11)15-13(18)9-3-4-9/h5-6,9-10,17H,1-4,7-8H2,(H,15,18)/t10-/m0/s1. The predicted molar refractivity (Wildman–Crippen MR) is 76.8 cm³/mol. The number of aliphatic hydroxyl groups excluding tert-OH is 1. The summed E-state index contributed by atoms with van der Waals surface area (Å²) in [7, 11) is 0. The number of rotatable bonds is 4. The summed E-state index contributed by atoms with van der Waals surface area (Å²) in [5.41, 5.74) is 0. The van der Waals surface area contributed by atoms with Gasteiger partial charge in [0, 0.05) is 12.5 Å². The summed E-state index contributed by atoms with van der Waals surface area (Å²) in [6.07, 6.45) is 3.73. The van der Waals surface area contributed by atoms with Crippen LogP contribution in [0.25, 0.3) is 0 Å². The molecule has 0 aromatic carbocycles. The van der Waals surface area contributed by atoms with E-state index in [1.165, 1.54) is 11.3 Å². The molecule has 1 aliphatic heterocycles. The quantitative estimate of drug-likeness (QED) is 0.888. The van der Waals surface area contributed by atoms with Gasteiger partial charge in [0.15, 0.2) is 0 Å². The lowest BCUT2D eigenvalue weighted by molar-refractivity contribution is -0.117. The van der Waals surface area contributed by atoms with Crippen LogP contribution in [0.15, 0.2) is 12.1 Å². The molecule has 20 heavy (non-hydrogen) atoms. The van der Waals surface area contributed by atoms with Crippen molar-refractivity contribution in [1.82, 2.24) is 4.90 Å². The van der Waals surface area contributed by atoms with Gasteiger partial charge in [0.25, 0.3) is 5.91 Å². The second kappa shape index (κ2) is 5.54. The van der Waals surface area contributed by atoms with Gasteiger partial charge in [0.1, 0.15) is 0 Å². The maximum atomic E-state index is 12.4. The third kappa shape index (κ3) is 2.71. The zero-order valence-corrected chi connectivity index (χ0v) is 12.0. The summed E-state index contributed by atoms with van der Waals surface area (Å²) in [5, 5.41) is 12.9. The number of nitrogens with one attached hydrogen (secondary N) is 1. The fraction of sp³-hybridized carbons (Fsp3) is 0.571. The van der Waals surface area contributed by atoms with Crippen LogP contribution in [0.3, 0.4) is 0 Å². The van der Waals surface area contributed by atoms with Crippen molar-refractivity contribution in [3.63, 3.8) is 0 Å². The Bertz CT molecular complexity index is 524. The molecule has 1 aliphatic carbocycles. The van der Waals surface area contributed by atoms with E-state index in [4.69, 9.17) is 0 Å². The first-order valence-electron chi connectivity index (χ1n) is 7.01. The van der Waals surface area contributed by atoms with Crippen molar-refractivity contribution in [1.29, 1.82) is 0 Å². The largest absolute Gasteiger partial charge is 0.394 e. The molecule has 0 unspecified atom stereocenters. The molecule has 1 atom stereocenters. The Labute approximate surface area is 121 Å². The zero-order chi connectivity index (χ0) is 14.1. The van der Waals surface area contributed by atoms with E-state index in [2.05, 4.69) is 5.32 Å². The van der Waals surface area contributed by atoms with Crippen LogP contribution in [-0.4, -0.2) is 41.0 Å². The highest BCUT2D eigenvalue weighted by atomic mass is 32.1. The van der Waals surface area contributed by atoms with Crippen molar-refractivity contribution in [2.75, 3.05) is 18.5 Å². The van der Waals surface area contributed by atoms with Crippen LogP contribution in [0.1, 0.15) is 35.4 Å². The van der Waals surface area contributed by atoms with E-state index >= 15 is 0 Å². The molecule has 0 spiro atoms. The average molecular weight is 294 g/mol. The Hall–Kier alpha value is -1.40. The summed E-state index contributed by atoms with van der Waals surface area (Å²) in [4.78, 5) is 26.4. The van der Waals surface area contributed by atoms with E-state index in [1.807, 2.05) is 0 Å². The SMILES string of the molecule is O=C(Nc1ccc(C(=O)N2CCC[C@H]2CO)s1)C1CC1. The van der Waals surface area contributed by atoms with Gasteiger partial charge in [-0.2, -0.15) is 0 Å². The minimum atomic E-state index is -0.0610. The van der Waals surface area contributed by atoms with Gasteiger partial charge in [-0.15, -0.1) is 11.3 Å². The van der Waals surface area contributed by atoms with E-state index < -0.39 is 0 Å². The van der Waals surface area contributed by atoms with Gasteiger partial charge in [-0.3, -0.25) is 9.59 Å². The summed E-state index contributed by atoms with van der Waals surface area (Å²) in [6.45, 7) is 0.716. The molecule has 108 valence electrons. The van der Waals surface area contributed by atoms with Gasteiger partial charge in [0.2, 0.25) is 5.91 Å². The van der Waals surface area contributed by atoms with Gasteiger partial charge < -0.3 is 15.3 Å². The van der Waals surface area contributed by atoms with E-state index in [-0.39, 0.29) is 30.4 Å². The minimum Gasteiger partial charge on any atom is -0.394 e. The molecule has 1 saturated heterocycles. The normalized spacial score (nSPS) is 22.1. The average Bonchev–Trinajstić information content (AvgIpc) is 3.02. The van der Waals surface area contributed by atoms with Gasteiger partial charge in [-0.1, -0.05) is 0 Å². The Morgan fingerprint density at radius 3 is 2.85 bits per heavy atom. The zero-order valence-electron chi connectivity index (χ0n) is 11.2. The van der Waals surface area contributed by atoms with E-state index in [0.29, 0.717) is 11.4 Å². The first-order valence-corrected chi connectivity index (χ1v) is 7.83. The molecule has 0 bridgehead atoms. The molecule has 3 rings (SSSR count). The number of carbonyl (C=O) groups is 2. The first kappa shape index (κ1) is 13.6. The monoisotopic (exact) mass is 294 g/mol. The van der Waals surface area contributed by atoms with E-state index in [9.17, 15) is 14.7 Å². The van der Waals surface area contributed by atoms with E-state index in [0.717, 1.165) is 30.7 Å². The number of thiophene rings is 1. The summed E-state index contributed by atoms with van der Waals surface area (Å²) in [5.74, 6) is 0.173. The summed E-state index contributed by atoms with van der Waals surface area (Å²) in [6, 6.07) is 3.47. The minimum absolute atomic E-state index is 0.0163. The van der Waals surface area contributed by atoms with Crippen molar-refractivity contribution in [3.05, 3.63) is 17.0 Å². The number of carbonyl (C=O) groups excluding carboxylic acids is 2. The van der Waals surface area contributed by atoms with Crippen molar-refractivity contribution >= 4 is 28.2 Å². The molecule has 1 aromatic rings. The molecule has 2 N–H and O–H groups in total. The maximum absolute atomic E-state index is 12.4. The van der Waals surface area contributed by atoms with Crippen molar-refractivity contribution in [2.24, 2.45) is 5.92 Å². The lowest BCUT2D eigenvalue weighted by Gasteiger charge is -2.22. The number of aliphatic hydroxyl groups is 1. The molecule has 2 aliphatic rings. The Morgan fingerprint density at radius 1 is 1.35 bits per heavy atom. The smallest absolute Gasteiger partial charge is 0.264 e. The molecule has 6 heteroatoms. The maximum Gasteiger partial charge on any atom is 0.264 e. The highest BCUT2D eigenvalue weighted by Gasteiger charge is 2.31. The third-order valence-corrected chi connectivity index (χ3v) is 4.85. The number of hydrogen-bond acceptors (Lipinski definition) is 4. The summed E-state index contributed by atoms with van der Waals surface area (Å²) >= 11 is 1.31. The lowest BCUT2D eigenvalue weighted by Crippen LogP contribution is -2.37. The topological polar surface area (TPSA) is 69.6 Å². The molecule has 0 radical (unpaired) electrons. The molecule has 1 saturated carbocycles. The van der Waals surface area contributed by atoms with Crippen molar-refractivity contribution in [2.45, 2.75) is 31.7 Å². The van der Waals surface area contributed by atoms with Crippen LogP contribution < -0.4 is 5.32 Å². The number of anilines is 1. The Balaban J connectivity index is 1.66. The third-order valence-electron chi connectivity index (χ3n) is 3.86. The molecule has 2 heterocycles. The van der Waals surface area contributed by atoms with Crippen molar-refractivity contribution in [3.8, 4) is 0 Å². The van der Waals surface area contributed by atoms with Gasteiger partial charge in [-0.25, -0.2) is 0 Å². The second-order valence-electron chi connectivity index (χ2n) is 5.40. The highest BCUT2D eigenvalue weighted by molar-refractivity contribution is 7.18. The predicted octanol–water partition coefficient (Wildman–Crippen LogP) is 1.69. The fourth-order valence-electron chi connectivity index (χ4n) is 2.52. The molecular weight excluding hydrogens is 276 g/mol. The first-order chi connectivity index (χ1) is 9.69. The molecule has 2 fully saturated rings. The van der Waals surface area contributed by atoms with Gasteiger partial charge >= 0.3 is 0 Å². The molecule has 1 aromatic heterocycles. The van der Waals surface area contributed by atoms with Crippen LogP contribution >= 0.6 is 11.3 Å².